The number of hydrogen-bond acceptors (Lipinski definition) is 3. The minimum absolute atomic E-state index is 0.426. The summed E-state index contributed by atoms with van der Waals surface area (Å²) in [5, 5.41) is 3.54. The predicted molar refractivity (Wildman–Crippen MR) is 62.2 cm³/mol. The summed E-state index contributed by atoms with van der Waals surface area (Å²) in [5.74, 6) is 0. The van der Waals surface area contributed by atoms with E-state index >= 15 is 0 Å². The van der Waals surface area contributed by atoms with E-state index in [0.29, 0.717) is 12.1 Å². The molecule has 0 aromatic rings. The van der Waals surface area contributed by atoms with Gasteiger partial charge in [-0.1, -0.05) is 13.3 Å². The molecule has 0 spiro atoms. The van der Waals surface area contributed by atoms with E-state index < -0.39 is 0 Å². The largest absolute Gasteiger partial charge is 0.383 e. The molecule has 0 radical (unpaired) electrons. The summed E-state index contributed by atoms with van der Waals surface area (Å²) in [7, 11) is 1.77. The van der Waals surface area contributed by atoms with Crippen molar-refractivity contribution in [3.8, 4) is 0 Å². The van der Waals surface area contributed by atoms with Gasteiger partial charge in [-0.25, -0.2) is 0 Å². The van der Waals surface area contributed by atoms with Crippen LogP contribution < -0.4 is 5.32 Å². The van der Waals surface area contributed by atoms with Gasteiger partial charge < -0.3 is 14.8 Å². The highest BCUT2D eigenvalue weighted by Gasteiger charge is 2.15. The van der Waals surface area contributed by atoms with Crippen molar-refractivity contribution in [1.29, 1.82) is 0 Å². The Kier molecular flexibility index (Phi) is 6.98. The maximum absolute atomic E-state index is 5.68. The Bertz CT molecular complexity index is 141. The second kappa shape index (κ2) is 8.08. The molecule has 1 fully saturated rings. The normalized spacial score (nSPS) is 24.0. The van der Waals surface area contributed by atoms with E-state index in [0.717, 1.165) is 19.8 Å². The molecule has 1 aliphatic rings. The van der Waals surface area contributed by atoms with E-state index in [2.05, 4.69) is 12.2 Å². The Morgan fingerprint density at radius 1 is 1.47 bits per heavy atom. The highest BCUT2D eigenvalue weighted by Crippen LogP contribution is 2.12. The zero-order chi connectivity index (χ0) is 10.9. The van der Waals surface area contributed by atoms with Crippen LogP contribution in [0.3, 0.4) is 0 Å². The van der Waals surface area contributed by atoms with E-state index in [1.807, 2.05) is 0 Å². The van der Waals surface area contributed by atoms with E-state index in [9.17, 15) is 0 Å². The van der Waals surface area contributed by atoms with Gasteiger partial charge in [-0.3, -0.25) is 0 Å². The molecule has 1 saturated heterocycles. The second-order valence-corrected chi connectivity index (χ2v) is 4.34. The summed E-state index contributed by atoms with van der Waals surface area (Å²) in [6.45, 7) is 4.94. The first-order valence-electron chi connectivity index (χ1n) is 6.20. The summed E-state index contributed by atoms with van der Waals surface area (Å²) in [6, 6.07) is 0.491. The number of rotatable bonds is 7. The van der Waals surface area contributed by atoms with Crippen LogP contribution >= 0.6 is 0 Å². The Labute approximate surface area is 93.5 Å². The molecule has 1 rings (SSSR count). The monoisotopic (exact) mass is 215 g/mol. The summed E-state index contributed by atoms with van der Waals surface area (Å²) >= 11 is 0. The van der Waals surface area contributed by atoms with Crippen molar-refractivity contribution in [2.75, 3.05) is 26.9 Å². The van der Waals surface area contributed by atoms with Gasteiger partial charge in [0.15, 0.2) is 0 Å². The molecule has 0 amide bonds. The fourth-order valence-corrected chi connectivity index (χ4v) is 2.06. The van der Waals surface area contributed by atoms with Crippen LogP contribution in [0.25, 0.3) is 0 Å². The van der Waals surface area contributed by atoms with Gasteiger partial charge in [0.05, 0.1) is 12.7 Å². The molecule has 1 N–H and O–H groups in total. The Morgan fingerprint density at radius 2 is 2.33 bits per heavy atom. The van der Waals surface area contributed by atoms with Crippen molar-refractivity contribution in [3.05, 3.63) is 0 Å². The van der Waals surface area contributed by atoms with Gasteiger partial charge in [-0.15, -0.1) is 0 Å². The van der Waals surface area contributed by atoms with E-state index in [4.69, 9.17) is 9.47 Å². The lowest BCUT2D eigenvalue weighted by atomic mass is 10.1. The molecule has 1 heterocycles. The van der Waals surface area contributed by atoms with E-state index in [1.54, 1.807) is 7.11 Å². The molecule has 0 aromatic carbocycles. The molecule has 0 aliphatic carbocycles. The van der Waals surface area contributed by atoms with E-state index in [-0.39, 0.29) is 0 Å². The Balaban J connectivity index is 2.13. The average Bonchev–Trinajstić information content (AvgIpc) is 2.28. The second-order valence-electron chi connectivity index (χ2n) is 4.34. The third-order valence-corrected chi connectivity index (χ3v) is 2.91. The molecule has 2 unspecified atom stereocenters. The third kappa shape index (κ3) is 5.50. The molecule has 3 heteroatoms. The van der Waals surface area contributed by atoms with Crippen molar-refractivity contribution in [2.24, 2.45) is 0 Å². The maximum Gasteiger partial charge on any atom is 0.0699 e. The summed E-state index contributed by atoms with van der Waals surface area (Å²) in [5.41, 5.74) is 0. The summed E-state index contributed by atoms with van der Waals surface area (Å²) in [4.78, 5) is 0. The molecule has 0 saturated carbocycles. The molecule has 15 heavy (non-hydrogen) atoms. The molecule has 0 bridgehead atoms. The highest BCUT2D eigenvalue weighted by atomic mass is 16.5. The van der Waals surface area contributed by atoms with Gasteiger partial charge in [0.1, 0.15) is 0 Å². The average molecular weight is 215 g/mol. The molecular weight excluding hydrogens is 190 g/mol. The van der Waals surface area contributed by atoms with Crippen molar-refractivity contribution in [3.63, 3.8) is 0 Å². The fraction of sp³-hybridized carbons (Fsp3) is 1.00. The van der Waals surface area contributed by atoms with Gasteiger partial charge in [0.2, 0.25) is 0 Å². The first-order valence-corrected chi connectivity index (χ1v) is 6.20. The van der Waals surface area contributed by atoms with Crippen LogP contribution in [0.1, 0.15) is 39.0 Å². The Morgan fingerprint density at radius 3 is 2.93 bits per heavy atom. The third-order valence-electron chi connectivity index (χ3n) is 2.91. The lowest BCUT2D eigenvalue weighted by Crippen LogP contribution is -2.40. The molecule has 1 aliphatic heterocycles. The van der Waals surface area contributed by atoms with Crippen LogP contribution in [0.2, 0.25) is 0 Å². The molecule has 3 nitrogen and oxygen atoms in total. The first-order chi connectivity index (χ1) is 7.36. The fourth-order valence-electron chi connectivity index (χ4n) is 2.06. The van der Waals surface area contributed by atoms with Crippen LogP contribution in [-0.2, 0) is 9.47 Å². The minimum Gasteiger partial charge on any atom is -0.383 e. The molecule has 2 atom stereocenters. The smallest absolute Gasteiger partial charge is 0.0699 e. The van der Waals surface area contributed by atoms with Gasteiger partial charge >= 0.3 is 0 Å². The van der Waals surface area contributed by atoms with Crippen LogP contribution in [0.4, 0.5) is 0 Å². The van der Waals surface area contributed by atoms with Crippen molar-refractivity contribution >= 4 is 0 Å². The zero-order valence-corrected chi connectivity index (χ0v) is 10.1. The topological polar surface area (TPSA) is 30.5 Å². The lowest BCUT2D eigenvalue weighted by Gasteiger charge is -2.25. The number of hydrogen-bond donors (Lipinski definition) is 1. The lowest BCUT2D eigenvalue weighted by molar-refractivity contribution is 0.0132. The number of nitrogens with one attached hydrogen (secondary N) is 1. The van der Waals surface area contributed by atoms with E-state index in [1.165, 1.54) is 32.1 Å². The predicted octanol–water partition coefficient (Wildman–Crippen LogP) is 1.96. The van der Waals surface area contributed by atoms with Crippen LogP contribution in [0, 0.1) is 0 Å². The van der Waals surface area contributed by atoms with Crippen LogP contribution in [0.15, 0.2) is 0 Å². The Hall–Kier alpha value is -0.120. The van der Waals surface area contributed by atoms with Crippen molar-refractivity contribution < 1.29 is 9.47 Å². The zero-order valence-electron chi connectivity index (χ0n) is 10.1. The van der Waals surface area contributed by atoms with Crippen molar-refractivity contribution in [1.82, 2.24) is 5.32 Å². The van der Waals surface area contributed by atoms with Crippen LogP contribution in [-0.4, -0.2) is 39.0 Å². The molecule has 0 aromatic heterocycles. The highest BCUT2D eigenvalue weighted by molar-refractivity contribution is 4.71. The van der Waals surface area contributed by atoms with Gasteiger partial charge in [-0.2, -0.15) is 0 Å². The summed E-state index contributed by atoms with van der Waals surface area (Å²) < 4.78 is 10.9. The van der Waals surface area contributed by atoms with Crippen molar-refractivity contribution in [2.45, 2.75) is 51.2 Å². The van der Waals surface area contributed by atoms with Crippen LogP contribution in [0.5, 0.6) is 0 Å². The maximum atomic E-state index is 5.68. The number of methoxy groups -OCH3 is 1. The quantitative estimate of drug-likeness (QED) is 0.704. The molecule has 90 valence electrons. The molecular formula is C12H25NO2. The summed E-state index contributed by atoms with van der Waals surface area (Å²) in [6.07, 6.45) is 6.56. The first kappa shape index (κ1) is 12.9. The SMILES string of the molecule is CCCC(COC)NCC1CCCCO1. The van der Waals surface area contributed by atoms with Gasteiger partial charge in [0.25, 0.3) is 0 Å². The number of ether oxygens (including phenoxy) is 2. The van der Waals surface area contributed by atoms with Gasteiger partial charge in [-0.05, 0) is 25.7 Å². The minimum atomic E-state index is 0.426. The standard InChI is InChI=1S/C12H25NO2/c1-3-6-11(10-14-2)13-9-12-7-4-5-8-15-12/h11-13H,3-10H2,1-2H3. The van der Waals surface area contributed by atoms with Gasteiger partial charge in [0, 0.05) is 26.3 Å².